The summed E-state index contributed by atoms with van der Waals surface area (Å²) in [5.74, 6) is 0. The number of halogens is 1. The summed E-state index contributed by atoms with van der Waals surface area (Å²) >= 11 is 5.90. The predicted octanol–water partition coefficient (Wildman–Crippen LogP) is 3.48. The Kier molecular flexibility index (Phi) is 2.65. The smallest absolute Gasteiger partial charge is 0.152 e. The minimum absolute atomic E-state index is 0.483. The maximum Gasteiger partial charge on any atom is 0.152 e. The molecule has 0 aliphatic rings. The van der Waals surface area contributed by atoms with Gasteiger partial charge in [0.25, 0.3) is 0 Å². The second-order valence-corrected chi connectivity index (χ2v) is 3.19. The largest absolute Gasteiger partial charge is 0.353 e. The molecule has 14 heavy (non-hydrogen) atoms. The fraction of sp³-hybridized carbons (Fsp3) is 0. The van der Waals surface area contributed by atoms with Crippen LogP contribution < -0.4 is 5.32 Å². The molecule has 0 amide bonds. The highest BCUT2D eigenvalue weighted by atomic mass is 35.5. The van der Waals surface area contributed by atoms with E-state index in [1.54, 1.807) is 6.20 Å². The van der Waals surface area contributed by atoms with Crippen molar-refractivity contribution in [2.24, 2.45) is 0 Å². The van der Waals surface area contributed by atoms with Gasteiger partial charge in [-0.05, 0) is 24.3 Å². The van der Waals surface area contributed by atoms with Crippen molar-refractivity contribution in [2.75, 3.05) is 5.32 Å². The van der Waals surface area contributed by atoms with Crippen molar-refractivity contribution in [1.82, 2.24) is 4.98 Å². The van der Waals surface area contributed by atoms with Crippen LogP contribution in [-0.4, -0.2) is 4.98 Å². The Hall–Kier alpha value is -1.54. The summed E-state index contributed by atoms with van der Waals surface area (Å²) in [6.07, 6.45) is 1.67. The number of nitrogens with one attached hydrogen (secondary N) is 1. The van der Waals surface area contributed by atoms with E-state index in [9.17, 15) is 0 Å². The Balaban J connectivity index is 2.24. The SMILES string of the molecule is Clc1ncccc1Nc1ccccc1. The van der Waals surface area contributed by atoms with Gasteiger partial charge in [0, 0.05) is 11.9 Å². The molecule has 1 aromatic carbocycles. The van der Waals surface area contributed by atoms with Crippen molar-refractivity contribution in [3.8, 4) is 0 Å². The molecule has 1 heterocycles. The second-order valence-electron chi connectivity index (χ2n) is 2.83. The summed E-state index contributed by atoms with van der Waals surface area (Å²) in [6, 6.07) is 13.6. The zero-order valence-electron chi connectivity index (χ0n) is 7.44. The molecule has 0 fully saturated rings. The van der Waals surface area contributed by atoms with Crippen LogP contribution >= 0.6 is 11.6 Å². The number of anilines is 2. The lowest BCUT2D eigenvalue weighted by atomic mass is 10.3. The van der Waals surface area contributed by atoms with Gasteiger partial charge in [0.05, 0.1) is 5.69 Å². The molecule has 2 aromatic rings. The summed E-state index contributed by atoms with van der Waals surface area (Å²) in [5, 5.41) is 3.66. The first-order chi connectivity index (χ1) is 6.86. The Morgan fingerprint density at radius 2 is 1.79 bits per heavy atom. The number of benzene rings is 1. The van der Waals surface area contributed by atoms with Gasteiger partial charge in [0.1, 0.15) is 0 Å². The van der Waals surface area contributed by atoms with Gasteiger partial charge in [-0.1, -0.05) is 29.8 Å². The van der Waals surface area contributed by atoms with Crippen LogP contribution in [0.4, 0.5) is 11.4 Å². The van der Waals surface area contributed by atoms with E-state index in [4.69, 9.17) is 11.6 Å². The summed E-state index contributed by atoms with van der Waals surface area (Å²) in [5.41, 5.74) is 1.82. The zero-order valence-corrected chi connectivity index (χ0v) is 8.20. The molecule has 2 rings (SSSR count). The minimum atomic E-state index is 0.483. The van der Waals surface area contributed by atoms with E-state index in [0.717, 1.165) is 11.4 Å². The van der Waals surface area contributed by atoms with E-state index in [-0.39, 0.29) is 0 Å². The first-order valence-corrected chi connectivity index (χ1v) is 4.66. The molecule has 70 valence electrons. The average molecular weight is 205 g/mol. The van der Waals surface area contributed by atoms with Crippen LogP contribution in [0, 0.1) is 0 Å². The molecule has 0 aliphatic heterocycles. The van der Waals surface area contributed by atoms with Crippen molar-refractivity contribution >= 4 is 23.0 Å². The summed E-state index contributed by atoms with van der Waals surface area (Å²) in [7, 11) is 0. The third kappa shape index (κ3) is 2.03. The van der Waals surface area contributed by atoms with Crippen LogP contribution in [0.3, 0.4) is 0 Å². The number of hydrogen-bond acceptors (Lipinski definition) is 2. The lowest BCUT2D eigenvalue weighted by molar-refractivity contribution is 1.32. The van der Waals surface area contributed by atoms with Crippen LogP contribution in [0.2, 0.25) is 5.15 Å². The van der Waals surface area contributed by atoms with E-state index in [0.29, 0.717) is 5.15 Å². The molecule has 0 radical (unpaired) electrons. The van der Waals surface area contributed by atoms with Crippen molar-refractivity contribution in [1.29, 1.82) is 0 Å². The predicted molar refractivity (Wildman–Crippen MR) is 59.0 cm³/mol. The highest BCUT2D eigenvalue weighted by Gasteiger charge is 1.98. The monoisotopic (exact) mass is 204 g/mol. The Labute approximate surface area is 87.6 Å². The maximum atomic E-state index is 5.90. The lowest BCUT2D eigenvalue weighted by Gasteiger charge is -2.06. The normalized spacial score (nSPS) is 9.79. The molecule has 0 unspecified atom stereocenters. The van der Waals surface area contributed by atoms with Crippen LogP contribution in [0.1, 0.15) is 0 Å². The number of para-hydroxylation sites is 1. The average Bonchev–Trinajstić information content (AvgIpc) is 2.23. The summed E-state index contributed by atoms with van der Waals surface area (Å²) < 4.78 is 0. The zero-order chi connectivity index (χ0) is 9.80. The Morgan fingerprint density at radius 1 is 1.00 bits per heavy atom. The fourth-order valence-corrected chi connectivity index (χ4v) is 1.32. The number of pyridine rings is 1. The minimum Gasteiger partial charge on any atom is -0.353 e. The quantitative estimate of drug-likeness (QED) is 0.758. The molecule has 0 saturated carbocycles. The van der Waals surface area contributed by atoms with Crippen molar-refractivity contribution < 1.29 is 0 Å². The van der Waals surface area contributed by atoms with E-state index in [1.165, 1.54) is 0 Å². The van der Waals surface area contributed by atoms with Crippen molar-refractivity contribution in [3.63, 3.8) is 0 Å². The van der Waals surface area contributed by atoms with Gasteiger partial charge >= 0.3 is 0 Å². The van der Waals surface area contributed by atoms with Crippen molar-refractivity contribution in [2.45, 2.75) is 0 Å². The van der Waals surface area contributed by atoms with E-state index >= 15 is 0 Å². The molecule has 0 spiro atoms. The number of nitrogens with zero attached hydrogens (tertiary/aromatic N) is 1. The molecule has 1 N–H and O–H groups in total. The molecular formula is C11H9ClN2. The molecule has 2 nitrogen and oxygen atoms in total. The fourth-order valence-electron chi connectivity index (χ4n) is 1.16. The van der Waals surface area contributed by atoms with Crippen LogP contribution in [-0.2, 0) is 0 Å². The molecular weight excluding hydrogens is 196 g/mol. The number of rotatable bonds is 2. The standard InChI is InChI=1S/C11H9ClN2/c12-11-10(7-4-8-13-11)14-9-5-2-1-3-6-9/h1-8,14H. The molecule has 0 bridgehead atoms. The molecule has 0 atom stereocenters. The topological polar surface area (TPSA) is 24.9 Å². The van der Waals surface area contributed by atoms with Gasteiger partial charge in [0.2, 0.25) is 0 Å². The molecule has 3 heteroatoms. The second kappa shape index (κ2) is 4.11. The van der Waals surface area contributed by atoms with Crippen LogP contribution in [0.5, 0.6) is 0 Å². The lowest BCUT2D eigenvalue weighted by Crippen LogP contribution is -1.91. The van der Waals surface area contributed by atoms with E-state index in [1.807, 2.05) is 42.5 Å². The molecule has 1 aromatic heterocycles. The van der Waals surface area contributed by atoms with Gasteiger partial charge < -0.3 is 5.32 Å². The summed E-state index contributed by atoms with van der Waals surface area (Å²) in [6.45, 7) is 0. The first kappa shape index (κ1) is 9.03. The van der Waals surface area contributed by atoms with Gasteiger partial charge in [0.15, 0.2) is 5.15 Å². The van der Waals surface area contributed by atoms with Crippen molar-refractivity contribution in [3.05, 3.63) is 53.8 Å². The number of aromatic nitrogens is 1. The summed E-state index contributed by atoms with van der Waals surface area (Å²) in [4.78, 5) is 3.98. The third-order valence-corrected chi connectivity index (χ3v) is 2.11. The maximum absolute atomic E-state index is 5.90. The van der Waals surface area contributed by atoms with Gasteiger partial charge in [-0.2, -0.15) is 0 Å². The van der Waals surface area contributed by atoms with E-state index in [2.05, 4.69) is 10.3 Å². The first-order valence-electron chi connectivity index (χ1n) is 4.29. The number of hydrogen-bond donors (Lipinski definition) is 1. The third-order valence-electron chi connectivity index (χ3n) is 1.81. The Bertz CT molecular complexity index is 415. The van der Waals surface area contributed by atoms with Gasteiger partial charge in [-0.15, -0.1) is 0 Å². The van der Waals surface area contributed by atoms with Crippen LogP contribution in [0.25, 0.3) is 0 Å². The highest BCUT2D eigenvalue weighted by molar-refractivity contribution is 6.32. The van der Waals surface area contributed by atoms with Crippen LogP contribution in [0.15, 0.2) is 48.7 Å². The van der Waals surface area contributed by atoms with E-state index < -0.39 is 0 Å². The Morgan fingerprint density at radius 3 is 2.50 bits per heavy atom. The molecule has 0 aliphatic carbocycles. The van der Waals surface area contributed by atoms with Gasteiger partial charge in [-0.3, -0.25) is 0 Å². The molecule has 0 saturated heterocycles. The highest BCUT2D eigenvalue weighted by Crippen LogP contribution is 2.22. The van der Waals surface area contributed by atoms with Gasteiger partial charge in [-0.25, -0.2) is 4.98 Å².